The molecule has 35 heavy (non-hydrogen) atoms. The summed E-state index contributed by atoms with van der Waals surface area (Å²) in [5.74, 6) is -0.383. The van der Waals surface area contributed by atoms with Crippen molar-refractivity contribution in [3.63, 3.8) is 0 Å². The predicted molar refractivity (Wildman–Crippen MR) is 141 cm³/mol. The van der Waals surface area contributed by atoms with E-state index in [1.807, 2.05) is 73.7 Å². The largest absolute Gasteiger partial charge is 0.454 e. The molecule has 0 radical (unpaired) electrons. The lowest BCUT2D eigenvalue weighted by molar-refractivity contribution is -0.660. The van der Waals surface area contributed by atoms with E-state index in [1.54, 1.807) is 23.7 Å². The number of aryl methyl sites for hydroxylation is 2. The van der Waals surface area contributed by atoms with E-state index >= 15 is 4.39 Å². The topological polar surface area (TPSA) is 17.0 Å². The maximum Gasteiger partial charge on any atom is 0.216 e. The van der Waals surface area contributed by atoms with Gasteiger partial charge in [-0.1, -0.05) is 60.7 Å². The van der Waals surface area contributed by atoms with E-state index in [4.69, 9.17) is 9.90 Å². The highest BCUT2D eigenvalue weighted by Crippen LogP contribution is 2.42. The Balaban J connectivity index is 1.61. The average Bonchev–Trinajstić information content (AvgIpc) is 3.28. The molecule has 2 nitrogen and oxygen atoms in total. The Bertz CT molecular complexity index is 1890. The summed E-state index contributed by atoms with van der Waals surface area (Å²) < 4.78 is 55.4. The fourth-order valence-electron chi connectivity index (χ4n) is 4.85. The molecule has 170 valence electrons. The molecule has 0 fully saturated rings. The van der Waals surface area contributed by atoms with Crippen molar-refractivity contribution in [3.05, 3.63) is 114 Å². The van der Waals surface area contributed by atoms with Crippen LogP contribution < -0.4 is 4.57 Å². The fourth-order valence-corrected chi connectivity index (χ4v) is 4.85. The Hall–Kier alpha value is -4.24. The van der Waals surface area contributed by atoms with Crippen LogP contribution in [0.4, 0.5) is 4.39 Å². The third kappa shape index (κ3) is 3.52. The molecule has 4 aromatic carbocycles. The third-order valence-electron chi connectivity index (χ3n) is 6.54. The van der Waals surface area contributed by atoms with Crippen LogP contribution in [0.1, 0.15) is 16.6 Å². The summed E-state index contributed by atoms with van der Waals surface area (Å²) in [5, 5.41) is 1.60. The van der Waals surface area contributed by atoms with Gasteiger partial charge in [0, 0.05) is 26.5 Å². The van der Waals surface area contributed by atoms with E-state index in [0.29, 0.717) is 28.0 Å². The highest BCUT2D eigenvalue weighted by atomic mass is 19.1. The standard InChI is InChI=1S/C32H25FNO/c1-20-12-17-28(34(3)19-20)29-21(2)13-14-25-26-15-16-27(33)30(32(26)35-31(25)29)24-11-7-10-23(18-24)22-8-5-4-6-9-22/h4-19H,1-3H3/q+1/i1D3,19D. The summed E-state index contributed by atoms with van der Waals surface area (Å²) in [6, 6.07) is 28.0. The second kappa shape index (κ2) is 8.21. The van der Waals surface area contributed by atoms with Crippen molar-refractivity contribution in [3.8, 4) is 33.5 Å². The van der Waals surface area contributed by atoms with Crippen molar-refractivity contribution < 1.29 is 18.9 Å². The van der Waals surface area contributed by atoms with E-state index in [1.165, 1.54) is 12.1 Å². The van der Waals surface area contributed by atoms with Crippen molar-refractivity contribution in [2.75, 3.05) is 0 Å². The third-order valence-corrected chi connectivity index (χ3v) is 6.54. The van der Waals surface area contributed by atoms with Gasteiger partial charge in [0.1, 0.15) is 25.4 Å². The first-order chi connectivity index (χ1) is 18.6. The van der Waals surface area contributed by atoms with Gasteiger partial charge in [-0.25, -0.2) is 8.96 Å². The molecule has 0 saturated carbocycles. The number of halogens is 1. The molecule has 0 amide bonds. The number of aromatic nitrogens is 1. The summed E-state index contributed by atoms with van der Waals surface area (Å²) in [6.45, 7) is -0.456. The number of nitrogens with zero attached hydrogens (tertiary/aromatic N) is 1. The molecule has 2 aromatic heterocycles. The number of hydrogen-bond acceptors (Lipinski definition) is 1. The fraction of sp³-hybridized carbons (Fsp3) is 0.0938. The molecule has 6 aromatic rings. The van der Waals surface area contributed by atoms with Crippen molar-refractivity contribution in [2.24, 2.45) is 7.05 Å². The van der Waals surface area contributed by atoms with Gasteiger partial charge in [0.25, 0.3) is 0 Å². The quantitative estimate of drug-likeness (QED) is 0.242. The van der Waals surface area contributed by atoms with Crippen LogP contribution in [0.2, 0.25) is 0 Å². The molecule has 0 unspecified atom stereocenters. The van der Waals surface area contributed by atoms with Crippen LogP contribution in [0.25, 0.3) is 55.4 Å². The van der Waals surface area contributed by atoms with Crippen molar-refractivity contribution in [1.29, 1.82) is 0 Å². The van der Waals surface area contributed by atoms with E-state index in [2.05, 4.69) is 0 Å². The summed E-state index contributed by atoms with van der Waals surface area (Å²) in [6.07, 6.45) is -0.0931. The number of rotatable bonds is 3. The molecule has 0 spiro atoms. The number of benzene rings is 4. The van der Waals surface area contributed by atoms with E-state index in [9.17, 15) is 0 Å². The molecule has 0 bridgehead atoms. The van der Waals surface area contributed by atoms with Crippen molar-refractivity contribution >= 4 is 21.9 Å². The molecule has 3 heteroatoms. The molecule has 6 rings (SSSR count). The lowest BCUT2D eigenvalue weighted by atomic mass is 9.96. The SMILES string of the molecule is [2H]c1c(C([2H])([2H])[2H])ccc(-c2c(C)ccc3c2oc2c(-c4cccc(-c5ccccc5)c4)c(F)ccc23)[n+]1C. The first-order valence-corrected chi connectivity index (χ1v) is 11.5. The maximum atomic E-state index is 15.5. The van der Waals surface area contributed by atoms with Gasteiger partial charge in [-0.3, -0.25) is 0 Å². The molecular formula is C32H25FNO+. The zero-order valence-corrected chi connectivity index (χ0v) is 19.4. The van der Waals surface area contributed by atoms with Gasteiger partial charge >= 0.3 is 0 Å². The van der Waals surface area contributed by atoms with Gasteiger partial charge in [0.15, 0.2) is 6.17 Å². The highest BCUT2D eigenvalue weighted by Gasteiger charge is 2.23. The van der Waals surface area contributed by atoms with Crippen LogP contribution >= 0.6 is 0 Å². The van der Waals surface area contributed by atoms with Gasteiger partial charge in [-0.15, -0.1) is 0 Å². The molecule has 0 saturated heterocycles. The summed E-state index contributed by atoms with van der Waals surface area (Å²) >= 11 is 0. The van der Waals surface area contributed by atoms with Crippen LogP contribution in [-0.4, -0.2) is 0 Å². The minimum atomic E-state index is -2.39. The zero-order valence-electron chi connectivity index (χ0n) is 23.4. The van der Waals surface area contributed by atoms with Crippen LogP contribution in [0.15, 0.2) is 102 Å². The van der Waals surface area contributed by atoms with Gasteiger partial charge in [-0.05, 0) is 60.3 Å². The summed E-state index contributed by atoms with van der Waals surface area (Å²) in [7, 11) is 1.67. The Morgan fingerprint density at radius 1 is 0.771 bits per heavy atom. The molecule has 0 atom stereocenters. The lowest BCUT2D eigenvalue weighted by Crippen LogP contribution is -2.31. The van der Waals surface area contributed by atoms with Crippen molar-refractivity contribution in [2.45, 2.75) is 13.8 Å². The minimum Gasteiger partial charge on any atom is -0.454 e. The summed E-state index contributed by atoms with van der Waals surface area (Å²) in [4.78, 5) is 0. The predicted octanol–water partition coefficient (Wildman–Crippen LogP) is 8.17. The minimum absolute atomic E-state index is 0.0224. The molecule has 0 N–H and O–H groups in total. The van der Waals surface area contributed by atoms with E-state index in [-0.39, 0.29) is 17.6 Å². The molecular weight excluding hydrogens is 433 g/mol. The second-order valence-corrected chi connectivity index (χ2v) is 8.79. The second-order valence-electron chi connectivity index (χ2n) is 8.79. The Morgan fingerprint density at radius 3 is 2.29 bits per heavy atom. The van der Waals surface area contributed by atoms with E-state index < -0.39 is 6.85 Å². The smallest absolute Gasteiger partial charge is 0.216 e. The van der Waals surface area contributed by atoms with Gasteiger partial charge < -0.3 is 4.42 Å². The van der Waals surface area contributed by atoms with Gasteiger partial charge in [0.2, 0.25) is 5.69 Å². The number of hydrogen-bond donors (Lipinski definition) is 0. The average molecular weight is 463 g/mol. The Labute approximate surface area is 209 Å². The normalized spacial score (nSPS) is 13.5. The Kier molecular flexibility index (Phi) is 4.04. The maximum absolute atomic E-state index is 15.5. The molecule has 0 aliphatic rings. The highest BCUT2D eigenvalue weighted by molar-refractivity contribution is 6.13. The van der Waals surface area contributed by atoms with Crippen LogP contribution in [-0.2, 0) is 7.05 Å². The zero-order chi connectivity index (χ0) is 27.5. The monoisotopic (exact) mass is 462 g/mol. The first kappa shape index (κ1) is 17.2. The first-order valence-electron chi connectivity index (χ1n) is 13.5. The van der Waals surface area contributed by atoms with Crippen LogP contribution in [0.3, 0.4) is 0 Å². The van der Waals surface area contributed by atoms with Crippen LogP contribution in [0, 0.1) is 19.6 Å². The summed E-state index contributed by atoms with van der Waals surface area (Å²) in [5.41, 5.74) is 6.35. The van der Waals surface area contributed by atoms with E-state index in [0.717, 1.165) is 33.0 Å². The Morgan fingerprint density at radius 2 is 1.49 bits per heavy atom. The van der Waals surface area contributed by atoms with Gasteiger partial charge in [-0.2, -0.15) is 0 Å². The number of furan rings is 1. The molecule has 0 aliphatic heterocycles. The molecule has 2 heterocycles. The van der Waals surface area contributed by atoms with Crippen LogP contribution in [0.5, 0.6) is 0 Å². The van der Waals surface area contributed by atoms with Gasteiger partial charge in [0.05, 0.1) is 11.1 Å². The number of pyridine rings is 1. The number of fused-ring (bicyclic) bond motifs is 3. The lowest BCUT2D eigenvalue weighted by Gasteiger charge is -2.08. The molecule has 0 aliphatic carbocycles. The van der Waals surface area contributed by atoms with Crippen molar-refractivity contribution in [1.82, 2.24) is 0 Å².